The van der Waals surface area contributed by atoms with Gasteiger partial charge >= 0.3 is 0 Å². The van der Waals surface area contributed by atoms with Gasteiger partial charge in [0, 0.05) is 22.7 Å². The summed E-state index contributed by atoms with van der Waals surface area (Å²) in [5.41, 5.74) is 30.9. The van der Waals surface area contributed by atoms with Gasteiger partial charge in [-0.3, -0.25) is 0 Å². The number of para-hydroxylation sites is 2. The second-order valence-electron chi connectivity index (χ2n) is 22.7. The van der Waals surface area contributed by atoms with Crippen LogP contribution < -0.4 is 9.80 Å². The standard InChI is InChI=1S/C80H64N2/c1-53-25-23-26-54(2)77(53)81(65-43-45-69-67-37-19-21-39-71(67)79(73(69)51-65,61-29-11-7-12-30-61)62-31-13-8-14-32-62)75-47-41-59(49-57(75)5)60-42-48-76(58(6)50-60)82(78-55(3)27-24-28-56(78)4)66-44-46-70-68-38-20-22-40-72(68)80(74(70)52-66,63-33-15-9-16-34-63)64-35-17-10-18-36-64/h7-52H,1-6H3. The van der Waals surface area contributed by atoms with Gasteiger partial charge in [-0.2, -0.15) is 0 Å². The molecule has 0 heterocycles. The fourth-order valence-electron chi connectivity index (χ4n) is 14.4. The van der Waals surface area contributed by atoms with Crippen LogP contribution in [-0.2, 0) is 10.8 Å². The van der Waals surface area contributed by atoms with Gasteiger partial charge in [-0.05, 0) is 201 Å². The Labute approximate surface area is 483 Å². The minimum atomic E-state index is -0.519. The van der Waals surface area contributed by atoms with Gasteiger partial charge < -0.3 is 9.80 Å². The van der Waals surface area contributed by atoms with Crippen LogP contribution in [0, 0.1) is 41.5 Å². The fourth-order valence-corrected chi connectivity index (χ4v) is 14.4. The first-order valence-corrected chi connectivity index (χ1v) is 28.8. The minimum absolute atomic E-state index is 0.519. The zero-order valence-corrected chi connectivity index (χ0v) is 47.5. The van der Waals surface area contributed by atoms with Crippen molar-refractivity contribution in [2.24, 2.45) is 0 Å². The minimum Gasteiger partial charge on any atom is -0.310 e. The molecule has 394 valence electrons. The number of benzene rings is 12. The summed E-state index contributed by atoms with van der Waals surface area (Å²) in [6.07, 6.45) is 0. The molecule has 2 heteroatoms. The molecule has 2 nitrogen and oxygen atoms in total. The van der Waals surface area contributed by atoms with Crippen LogP contribution in [0.5, 0.6) is 0 Å². The van der Waals surface area contributed by atoms with Crippen molar-refractivity contribution in [2.75, 3.05) is 9.80 Å². The summed E-state index contributed by atoms with van der Waals surface area (Å²) in [6.45, 7) is 13.5. The number of rotatable bonds is 11. The van der Waals surface area contributed by atoms with Gasteiger partial charge in [0.1, 0.15) is 0 Å². The largest absolute Gasteiger partial charge is 0.310 e. The lowest BCUT2D eigenvalue weighted by Crippen LogP contribution is -2.28. The van der Waals surface area contributed by atoms with Gasteiger partial charge in [0.25, 0.3) is 0 Å². The second-order valence-corrected chi connectivity index (χ2v) is 22.7. The first-order valence-electron chi connectivity index (χ1n) is 28.8. The number of hydrogen-bond donors (Lipinski definition) is 0. The van der Waals surface area contributed by atoms with Crippen molar-refractivity contribution in [3.8, 4) is 33.4 Å². The molecule has 0 spiro atoms. The highest BCUT2D eigenvalue weighted by atomic mass is 15.2. The molecular weight excluding hydrogens is 989 g/mol. The average Bonchev–Trinajstić information content (AvgIpc) is 3.75. The first-order chi connectivity index (χ1) is 40.2. The maximum atomic E-state index is 2.52. The predicted molar refractivity (Wildman–Crippen MR) is 344 cm³/mol. The number of aryl methyl sites for hydroxylation is 6. The van der Waals surface area contributed by atoms with Crippen LogP contribution in [0.25, 0.3) is 33.4 Å². The van der Waals surface area contributed by atoms with Gasteiger partial charge in [0.15, 0.2) is 0 Å². The van der Waals surface area contributed by atoms with Gasteiger partial charge in [-0.1, -0.05) is 231 Å². The van der Waals surface area contributed by atoms with E-state index in [9.17, 15) is 0 Å². The van der Waals surface area contributed by atoms with Crippen LogP contribution in [0.3, 0.4) is 0 Å². The number of anilines is 6. The maximum Gasteiger partial charge on any atom is 0.0714 e. The van der Waals surface area contributed by atoms with Crippen LogP contribution >= 0.6 is 0 Å². The summed E-state index contributed by atoms with van der Waals surface area (Å²) in [5, 5.41) is 0. The first kappa shape index (κ1) is 50.5. The molecule has 2 aliphatic carbocycles. The molecular formula is C80H64N2. The summed E-state index contributed by atoms with van der Waals surface area (Å²) in [4.78, 5) is 5.04. The van der Waals surface area contributed by atoms with Gasteiger partial charge in [0.2, 0.25) is 0 Å². The average molecular weight is 1050 g/mol. The molecule has 0 N–H and O–H groups in total. The number of fused-ring (bicyclic) bond motifs is 6. The van der Waals surface area contributed by atoms with E-state index in [-0.39, 0.29) is 0 Å². The van der Waals surface area contributed by atoms with E-state index in [1.165, 1.54) is 123 Å². The normalized spacial score (nSPS) is 13.2. The third kappa shape index (κ3) is 7.77. The zero-order chi connectivity index (χ0) is 55.7. The van der Waals surface area contributed by atoms with Crippen LogP contribution in [0.2, 0.25) is 0 Å². The highest BCUT2D eigenvalue weighted by Gasteiger charge is 2.48. The number of nitrogens with zero attached hydrogens (tertiary/aromatic N) is 2. The van der Waals surface area contributed by atoms with Crippen LogP contribution in [0.15, 0.2) is 279 Å². The smallest absolute Gasteiger partial charge is 0.0714 e. The van der Waals surface area contributed by atoms with Gasteiger partial charge in [-0.25, -0.2) is 0 Å². The van der Waals surface area contributed by atoms with E-state index in [0.29, 0.717) is 0 Å². The van der Waals surface area contributed by atoms with Crippen LogP contribution in [0.4, 0.5) is 34.1 Å². The quantitative estimate of drug-likeness (QED) is 0.127. The molecule has 0 amide bonds. The molecule has 12 aromatic carbocycles. The van der Waals surface area contributed by atoms with Crippen LogP contribution in [-0.4, -0.2) is 0 Å². The van der Waals surface area contributed by atoms with Crippen molar-refractivity contribution in [3.63, 3.8) is 0 Å². The molecule has 0 radical (unpaired) electrons. The molecule has 0 saturated carbocycles. The molecule has 0 fully saturated rings. The fraction of sp³-hybridized carbons (Fsp3) is 0.100. The van der Waals surface area contributed by atoms with Crippen molar-refractivity contribution in [3.05, 3.63) is 357 Å². The van der Waals surface area contributed by atoms with E-state index in [1.54, 1.807) is 0 Å². The molecule has 14 rings (SSSR count). The summed E-state index contributed by atoms with van der Waals surface area (Å²) >= 11 is 0. The molecule has 0 aliphatic heterocycles. The molecule has 0 unspecified atom stereocenters. The zero-order valence-electron chi connectivity index (χ0n) is 47.5. The highest BCUT2D eigenvalue weighted by Crippen LogP contribution is 2.59. The van der Waals surface area contributed by atoms with E-state index in [2.05, 4.69) is 330 Å². The van der Waals surface area contributed by atoms with Crippen molar-refractivity contribution < 1.29 is 0 Å². The Morgan fingerprint density at radius 3 is 0.866 bits per heavy atom. The topological polar surface area (TPSA) is 6.48 Å². The monoisotopic (exact) mass is 1050 g/mol. The van der Waals surface area contributed by atoms with Crippen molar-refractivity contribution in [1.82, 2.24) is 0 Å². The van der Waals surface area contributed by atoms with E-state index in [4.69, 9.17) is 0 Å². The summed E-state index contributed by atoms with van der Waals surface area (Å²) in [5.74, 6) is 0. The Hall–Kier alpha value is -9.76. The second kappa shape index (κ2) is 20.1. The van der Waals surface area contributed by atoms with E-state index in [0.717, 1.165) is 22.7 Å². The summed E-state index contributed by atoms with van der Waals surface area (Å²) < 4.78 is 0. The lowest BCUT2D eigenvalue weighted by atomic mass is 9.67. The predicted octanol–water partition coefficient (Wildman–Crippen LogP) is 20.9. The molecule has 0 atom stereocenters. The Balaban J connectivity index is 0.898. The lowest BCUT2D eigenvalue weighted by Gasteiger charge is -2.35. The third-order valence-corrected chi connectivity index (χ3v) is 17.9. The van der Waals surface area contributed by atoms with E-state index < -0.39 is 10.8 Å². The van der Waals surface area contributed by atoms with Gasteiger partial charge in [0.05, 0.1) is 22.2 Å². The maximum absolute atomic E-state index is 2.52. The highest BCUT2D eigenvalue weighted by molar-refractivity contribution is 5.93. The summed E-state index contributed by atoms with van der Waals surface area (Å²) in [6, 6.07) is 104. The molecule has 0 saturated heterocycles. The Morgan fingerprint density at radius 1 is 0.232 bits per heavy atom. The molecule has 82 heavy (non-hydrogen) atoms. The Kier molecular flexibility index (Phi) is 12.4. The van der Waals surface area contributed by atoms with Crippen molar-refractivity contribution >= 4 is 34.1 Å². The SMILES string of the molecule is Cc1cc(-c2ccc(N(c3ccc4c(c3)C(c3ccccc3)(c3ccccc3)c3ccccc3-4)c3c(C)cccc3C)c(C)c2)ccc1N(c1ccc2c(c1)C(c1ccccc1)(c1ccccc1)c1ccccc1-2)c1c(C)cccc1C. The van der Waals surface area contributed by atoms with Crippen molar-refractivity contribution in [1.29, 1.82) is 0 Å². The number of hydrogen-bond acceptors (Lipinski definition) is 2. The third-order valence-electron chi connectivity index (χ3n) is 17.9. The summed E-state index contributed by atoms with van der Waals surface area (Å²) in [7, 11) is 0. The molecule has 12 aromatic rings. The van der Waals surface area contributed by atoms with E-state index >= 15 is 0 Å². The molecule has 0 bridgehead atoms. The molecule has 2 aliphatic rings. The Morgan fingerprint density at radius 2 is 0.537 bits per heavy atom. The van der Waals surface area contributed by atoms with E-state index in [1.807, 2.05) is 0 Å². The molecule has 0 aromatic heterocycles. The van der Waals surface area contributed by atoms with Crippen LogP contribution in [0.1, 0.15) is 77.9 Å². The van der Waals surface area contributed by atoms with Crippen molar-refractivity contribution in [2.45, 2.75) is 52.4 Å². The van der Waals surface area contributed by atoms with Gasteiger partial charge in [-0.15, -0.1) is 0 Å². The lowest BCUT2D eigenvalue weighted by molar-refractivity contribution is 0.768. The Bertz CT molecular complexity index is 4000.